The molecule has 0 spiro atoms. The van der Waals surface area contributed by atoms with Crippen LogP contribution in [-0.2, 0) is 10.0 Å². The van der Waals surface area contributed by atoms with E-state index in [0.717, 1.165) is 16.3 Å². The summed E-state index contributed by atoms with van der Waals surface area (Å²) < 4.78 is 27.9. The molecular formula is C24H20Cl2N4O2S. The number of halogens is 2. The topological polar surface area (TPSA) is 66.4 Å². The van der Waals surface area contributed by atoms with Crippen LogP contribution in [0.3, 0.4) is 0 Å². The first-order chi connectivity index (χ1) is 15.9. The Morgan fingerprint density at radius 3 is 2.21 bits per heavy atom. The number of fused-ring (bicyclic) bond motifs is 1. The summed E-state index contributed by atoms with van der Waals surface area (Å²) in [5.74, 6) is 0.701. The number of hydrogen-bond donors (Lipinski definition) is 0. The zero-order chi connectivity index (χ0) is 23.0. The van der Waals surface area contributed by atoms with Crippen LogP contribution in [-0.4, -0.2) is 49.1 Å². The van der Waals surface area contributed by atoms with Crippen molar-refractivity contribution >= 4 is 49.8 Å². The van der Waals surface area contributed by atoms with Crippen molar-refractivity contribution in [1.82, 2.24) is 14.5 Å². The third kappa shape index (κ3) is 4.42. The molecule has 0 unspecified atom stereocenters. The van der Waals surface area contributed by atoms with Crippen LogP contribution in [0.5, 0.6) is 0 Å². The number of rotatable bonds is 4. The molecule has 4 aromatic rings. The van der Waals surface area contributed by atoms with E-state index in [9.17, 15) is 8.42 Å². The van der Waals surface area contributed by atoms with Crippen molar-refractivity contribution in [1.29, 1.82) is 0 Å². The third-order valence-corrected chi connectivity index (χ3v) is 8.22. The zero-order valence-electron chi connectivity index (χ0n) is 17.5. The van der Waals surface area contributed by atoms with Gasteiger partial charge in [0.05, 0.1) is 15.6 Å². The molecule has 1 fully saturated rings. The number of anilines is 1. The van der Waals surface area contributed by atoms with E-state index in [1.54, 1.807) is 24.3 Å². The fourth-order valence-electron chi connectivity index (χ4n) is 3.97. The number of sulfonamides is 1. The van der Waals surface area contributed by atoms with Gasteiger partial charge in [0.25, 0.3) is 0 Å². The molecule has 6 nitrogen and oxygen atoms in total. The molecular weight excluding hydrogens is 479 g/mol. The van der Waals surface area contributed by atoms with Crippen LogP contribution in [0.25, 0.3) is 22.0 Å². The van der Waals surface area contributed by atoms with Crippen molar-refractivity contribution < 1.29 is 8.42 Å². The largest absolute Gasteiger partial charge is 0.352 e. The SMILES string of the molecule is O=S(=O)(c1ccc2ccccc2c1)N1CCN(c2ccc(-c3ccc(Cl)cc3Cl)nn2)CC1. The first kappa shape index (κ1) is 22.1. The minimum absolute atomic E-state index is 0.318. The fourth-order valence-corrected chi connectivity index (χ4v) is 5.93. The second-order valence-corrected chi connectivity index (χ2v) is 10.6. The van der Waals surface area contributed by atoms with Crippen molar-refractivity contribution in [2.75, 3.05) is 31.1 Å². The van der Waals surface area contributed by atoms with Crippen LogP contribution in [0.15, 0.2) is 77.7 Å². The molecule has 3 aromatic carbocycles. The lowest BCUT2D eigenvalue weighted by atomic mass is 10.1. The van der Waals surface area contributed by atoms with Gasteiger partial charge in [-0.1, -0.05) is 53.5 Å². The number of benzene rings is 3. The first-order valence-electron chi connectivity index (χ1n) is 10.4. The van der Waals surface area contributed by atoms with Gasteiger partial charge in [-0.2, -0.15) is 4.31 Å². The Morgan fingerprint density at radius 2 is 1.52 bits per heavy atom. The summed E-state index contributed by atoms with van der Waals surface area (Å²) in [7, 11) is -3.56. The summed E-state index contributed by atoms with van der Waals surface area (Å²) in [6.45, 7) is 1.81. The molecule has 1 aliphatic heterocycles. The fraction of sp³-hybridized carbons (Fsp3) is 0.167. The molecule has 0 atom stereocenters. The molecule has 2 heterocycles. The molecule has 1 aromatic heterocycles. The maximum absolute atomic E-state index is 13.2. The van der Waals surface area contributed by atoms with Crippen molar-refractivity contribution in [2.45, 2.75) is 4.90 Å². The van der Waals surface area contributed by atoms with E-state index in [2.05, 4.69) is 10.2 Å². The molecule has 1 saturated heterocycles. The third-order valence-electron chi connectivity index (χ3n) is 5.78. The van der Waals surface area contributed by atoms with Gasteiger partial charge >= 0.3 is 0 Å². The summed E-state index contributed by atoms with van der Waals surface area (Å²) in [6, 6.07) is 22.0. The highest BCUT2D eigenvalue weighted by Gasteiger charge is 2.29. The van der Waals surface area contributed by atoms with E-state index in [-0.39, 0.29) is 0 Å². The van der Waals surface area contributed by atoms with E-state index < -0.39 is 10.0 Å². The molecule has 0 aliphatic carbocycles. The molecule has 0 saturated carbocycles. The highest BCUT2D eigenvalue weighted by molar-refractivity contribution is 7.89. The molecule has 0 amide bonds. The van der Waals surface area contributed by atoms with E-state index in [0.29, 0.717) is 52.6 Å². The smallest absolute Gasteiger partial charge is 0.243 e. The second kappa shape index (κ2) is 8.91. The van der Waals surface area contributed by atoms with E-state index >= 15 is 0 Å². The predicted molar refractivity (Wildman–Crippen MR) is 132 cm³/mol. The van der Waals surface area contributed by atoms with Gasteiger partial charge in [-0.3, -0.25) is 0 Å². The van der Waals surface area contributed by atoms with Crippen molar-refractivity contribution in [2.24, 2.45) is 0 Å². The average molecular weight is 499 g/mol. The maximum atomic E-state index is 13.2. The Kier molecular flexibility index (Phi) is 5.97. The molecule has 9 heteroatoms. The number of hydrogen-bond acceptors (Lipinski definition) is 5. The molecule has 33 heavy (non-hydrogen) atoms. The number of aromatic nitrogens is 2. The Labute approximate surface area is 202 Å². The van der Waals surface area contributed by atoms with Gasteiger partial charge in [0.15, 0.2) is 5.82 Å². The van der Waals surface area contributed by atoms with Gasteiger partial charge in [-0.05, 0) is 53.2 Å². The highest BCUT2D eigenvalue weighted by atomic mass is 35.5. The highest BCUT2D eigenvalue weighted by Crippen LogP contribution is 2.29. The summed E-state index contributed by atoms with van der Waals surface area (Å²) in [4.78, 5) is 2.35. The Bertz CT molecular complexity index is 1420. The van der Waals surface area contributed by atoms with E-state index in [4.69, 9.17) is 23.2 Å². The van der Waals surface area contributed by atoms with Crippen molar-refractivity contribution in [3.8, 4) is 11.3 Å². The number of piperazine rings is 1. The molecule has 5 rings (SSSR count). The van der Waals surface area contributed by atoms with E-state index in [1.807, 2.05) is 53.4 Å². The van der Waals surface area contributed by atoms with Crippen molar-refractivity contribution in [3.63, 3.8) is 0 Å². The van der Waals surface area contributed by atoms with Gasteiger partial charge in [0.1, 0.15) is 0 Å². The predicted octanol–water partition coefficient (Wildman–Crippen LogP) is 5.11. The zero-order valence-corrected chi connectivity index (χ0v) is 19.9. The van der Waals surface area contributed by atoms with Crippen LogP contribution in [0.2, 0.25) is 10.0 Å². The molecule has 168 valence electrons. The van der Waals surface area contributed by atoms with Crippen LogP contribution < -0.4 is 4.90 Å². The Morgan fingerprint density at radius 1 is 0.758 bits per heavy atom. The molecule has 0 bridgehead atoms. The monoisotopic (exact) mass is 498 g/mol. The lowest BCUT2D eigenvalue weighted by molar-refractivity contribution is 0.383. The normalized spacial score (nSPS) is 15.2. The summed E-state index contributed by atoms with van der Waals surface area (Å²) in [6.07, 6.45) is 0. The van der Waals surface area contributed by atoms with Gasteiger partial charge < -0.3 is 4.90 Å². The maximum Gasteiger partial charge on any atom is 0.243 e. The minimum atomic E-state index is -3.56. The summed E-state index contributed by atoms with van der Waals surface area (Å²) in [5, 5.41) is 11.6. The average Bonchev–Trinajstić information content (AvgIpc) is 2.84. The molecule has 0 radical (unpaired) electrons. The first-order valence-corrected chi connectivity index (χ1v) is 12.6. The standard InChI is InChI=1S/C24H20Cl2N4O2S/c25-19-6-8-21(22(26)16-19)23-9-10-24(28-27-23)29-11-13-30(14-12-29)33(31,32)20-7-5-17-3-1-2-4-18(17)15-20/h1-10,15-16H,11-14H2. The lowest BCUT2D eigenvalue weighted by Gasteiger charge is -2.34. The van der Waals surface area contributed by atoms with Gasteiger partial charge in [-0.15, -0.1) is 10.2 Å². The van der Waals surface area contributed by atoms with Crippen LogP contribution >= 0.6 is 23.2 Å². The van der Waals surface area contributed by atoms with Gasteiger partial charge in [0.2, 0.25) is 10.0 Å². The molecule has 1 aliphatic rings. The summed E-state index contributed by atoms with van der Waals surface area (Å²) >= 11 is 12.2. The summed E-state index contributed by atoms with van der Waals surface area (Å²) in [5.41, 5.74) is 1.41. The van der Waals surface area contributed by atoms with Gasteiger partial charge in [0, 0.05) is 36.8 Å². The molecule has 0 N–H and O–H groups in total. The lowest BCUT2D eigenvalue weighted by Crippen LogP contribution is -2.49. The van der Waals surface area contributed by atoms with E-state index in [1.165, 1.54) is 4.31 Å². The Balaban J connectivity index is 1.29. The minimum Gasteiger partial charge on any atom is -0.352 e. The quantitative estimate of drug-likeness (QED) is 0.390. The van der Waals surface area contributed by atoms with Gasteiger partial charge in [-0.25, -0.2) is 8.42 Å². The van der Waals surface area contributed by atoms with Crippen LogP contribution in [0.1, 0.15) is 0 Å². The van der Waals surface area contributed by atoms with Crippen molar-refractivity contribution in [3.05, 3.63) is 82.8 Å². The number of nitrogens with zero attached hydrogens (tertiary/aromatic N) is 4. The Hall–Kier alpha value is -2.71. The van der Waals surface area contributed by atoms with Crippen LogP contribution in [0, 0.1) is 0 Å². The second-order valence-electron chi connectivity index (χ2n) is 7.80. The van der Waals surface area contributed by atoms with Crippen LogP contribution in [0.4, 0.5) is 5.82 Å².